The Hall–Kier alpha value is -1.87. The predicted molar refractivity (Wildman–Crippen MR) is 109 cm³/mol. The zero-order valence-electron chi connectivity index (χ0n) is 15.3. The highest BCUT2D eigenvalue weighted by Crippen LogP contribution is 2.28. The van der Waals surface area contributed by atoms with Gasteiger partial charge in [0.05, 0.1) is 0 Å². The fraction of sp³-hybridized carbons (Fsp3) is 0.381. The highest BCUT2D eigenvalue weighted by Gasteiger charge is 2.23. The lowest BCUT2D eigenvalue weighted by molar-refractivity contribution is 0.420. The number of thiocarbonyl (C=S) groups is 1. The highest BCUT2D eigenvalue weighted by molar-refractivity contribution is 7.80. The summed E-state index contributed by atoms with van der Waals surface area (Å²) in [6.45, 7) is 10.9. The monoisotopic (exact) mass is 340 g/mol. The number of nitrogens with one attached hydrogen (secondary N) is 2. The first kappa shape index (κ1) is 18.5. The zero-order chi connectivity index (χ0) is 17.7. The van der Waals surface area contributed by atoms with Crippen molar-refractivity contribution in [3.05, 3.63) is 65.2 Å². The molecule has 1 atom stereocenters. The van der Waals surface area contributed by atoms with E-state index in [0.717, 1.165) is 12.1 Å². The standard InChI is InChI=1S/C21H28N2S/c1-15-11-12-16(2)19(13-15)23-20(24)22-17(3)14-21(4,5)18-9-7-6-8-10-18/h6-13,17H,14H2,1-5H3,(H2,22,23,24)/t17-/m1/s1. The summed E-state index contributed by atoms with van der Waals surface area (Å²) in [5, 5.41) is 7.43. The minimum absolute atomic E-state index is 0.0997. The quantitative estimate of drug-likeness (QED) is 0.718. The maximum absolute atomic E-state index is 5.50. The smallest absolute Gasteiger partial charge is 0.170 e. The Bertz CT molecular complexity index is 692. The Morgan fingerprint density at radius 1 is 1.08 bits per heavy atom. The Balaban J connectivity index is 1.95. The molecule has 0 saturated heterocycles. The molecule has 0 fully saturated rings. The maximum Gasteiger partial charge on any atom is 0.170 e. The van der Waals surface area contributed by atoms with Crippen LogP contribution in [0.25, 0.3) is 0 Å². The van der Waals surface area contributed by atoms with Crippen LogP contribution < -0.4 is 10.6 Å². The van der Waals surface area contributed by atoms with Crippen LogP contribution in [0.3, 0.4) is 0 Å². The van der Waals surface area contributed by atoms with E-state index in [4.69, 9.17) is 12.2 Å². The van der Waals surface area contributed by atoms with Crippen molar-refractivity contribution in [3.63, 3.8) is 0 Å². The van der Waals surface area contributed by atoms with Gasteiger partial charge < -0.3 is 10.6 Å². The summed E-state index contributed by atoms with van der Waals surface area (Å²) in [6, 6.07) is 17.3. The number of hydrogen-bond acceptors (Lipinski definition) is 1. The summed E-state index contributed by atoms with van der Waals surface area (Å²) in [6.07, 6.45) is 1.01. The van der Waals surface area contributed by atoms with Gasteiger partial charge in [0.2, 0.25) is 0 Å². The van der Waals surface area contributed by atoms with Gasteiger partial charge in [0.25, 0.3) is 0 Å². The van der Waals surface area contributed by atoms with E-state index >= 15 is 0 Å². The molecule has 0 radical (unpaired) electrons. The second-order valence-corrected chi connectivity index (χ2v) is 7.68. The Morgan fingerprint density at radius 2 is 1.75 bits per heavy atom. The van der Waals surface area contributed by atoms with Crippen LogP contribution in [0.15, 0.2) is 48.5 Å². The third-order valence-corrected chi connectivity index (χ3v) is 4.61. The van der Waals surface area contributed by atoms with Gasteiger partial charge in [-0.3, -0.25) is 0 Å². The average Bonchev–Trinajstić information content (AvgIpc) is 2.51. The van der Waals surface area contributed by atoms with E-state index in [-0.39, 0.29) is 11.5 Å². The first-order chi connectivity index (χ1) is 11.3. The van der Waals surface area contributed by atoms with E-state index in [0.29, 0.717) is 5.11 Å². The molecule has 0 unspecified atom stereocenters. The molecule has 0 amide bonds. The highest BCUT2D eigenvalue weighted by atomic mass is 32.1. The van der Waals surface area contributed by atoms with Crippen molar-refractivity contribution < 1.29 is 0 Å². The van der Waals surface area contributed by atoms with Crippen molar-refractivity contribution in [1.82, 2.24) is 5.32 Å². The fourth-order valence-electron chi connectivity index (χ4n) is 3.08. The van der Waals surface area contributed by atoms with Crippen LogP contribution in [-0.2, 0) is 5.41 Å². The average molecular weight is 341 g/mol. The lowest BCUT2D eigenvalue weighted by Crippen LogP contribution is -2.39. The summed E-state index contributed by atoms with van der Waals surface area (Å²) in [5.74, 6) is 0. The maximum atomic E-state index is 5.50. The number of anilines is 1. The lowest BCUT2D eigenvalue weighted by atomic mass is 9.79. The lowest BCUT2D eigenvalue weighted by Gasteiger charge is -2.30. The van der Waals surface area contributed by atoms with Crippen molar-refractivity contribution in [2.75, 3.05) is 5.32 Å². The molecule has 0 aliphatic rings. The van der Waals surface area contributed by atoms with Crippen LogP contribution in [0.1, 0.15) is 43.9 Å². The van der Waals surface area contributed by atoms with Crippen LogP contribution in [0.4, 0.5) is 5.69 Å². The summed E-state index contributed by atoms with van der Waals surface area (Å²) >= 11 is 5.50. The minimum Gasteiger partial charge on any atom is -0.360 e. The normalized spacial score (nSPS) is 12.5. The fourth-order valence-corrected chi connectivity index (χ4v) is 3.39. The van der Waals surface area contributed by atoms with E-state index in [2.05, 4.69) is 93.8 Å². The summed E-state index contributed by atoms with van der Waals surface area (Å²) in [5.41, 5.74) is 4.95. The molecule has 2 rings (SSSR count). The second-order valence-electron chi connectivity index (χ2n) is 7.27. The Labute approximate surface area is 151 Å². The van der Waals surface area contributed by atoms with Crippen molar-refractivity contribution in [1.29, 1.82) is 0 Å². The van der Waals surface area contributed by atoms with Gasteiger partial charge in [-0.25, -0.2) is 0 Å². The molecule has 2 nitrogen and oxygen atoms in total. The SMILES string of the molecule is Cc1ccc(C)c(NC(=S)N[C@H](C)CC(C)(C)c2ccccc2)c1. The number of aryl methyl sites for hydroxylation is 2. The topological polar surface area (TPSA) is 24.1 Å². The summed E-state index contributed by atoms with van der Waals surface area (Å²) < 4.78 is 0. The molecule has 0 bridgehead atoms. The molecule has 0 aromatic heterocycles. The van der Waals surface area contributed by atoms with E-state index < -0.39 is 0 Å². The van der Waals surface area contributed by atoms with Gasteiger partial charge in [0.15, 0.2) is 5.11 Å². The number of rotatable bonds is 5. The van der Waals surface area contributed by atoms with Gasteiger partial charge in [-0.1, -0.05) is 56.3 Å². The Morgan fingerprint density at radius 3 is 2.42 bits per heavy atom. The largest absolute Gasteiger partial charge is 0.360 e. The molecular formula is C21H28N2S. The van der Waals surface area contributed by atoms with E-state index in [1.165, 1.54) is 16.7 Å². The van der Waals surface area contributed by atoms with Crippen LogP contribution in [-0.4, -0.2) is 11.2 Å². The summed E-state index contributed by atoms with van der Waals surface area (Å²) in [7, 11) is 0. The van der Waals surface area contributed by atoms with Crippen molar-refractivity contribution >= 4 is 23.0 Å². The molecular weight excluding hydrogens is 312 g/mol. The van der Waals surface area contributed by atoms with E-state index in [1.807, 2.05) is 0 Å². The third kappa shape index (κ3) is 5.07. The molecule has 2 aromatic rings. The molecule has 128 valence electrons. The second kappa shape index (κ2) is 7.80. The van der Waals surface area contributed by atoms with Gasteiger partial charge in [-0.15, -0.1) is 0 Å². The Kier molecular flexibility index (Phi) is 6.00. The number of benzene rings is 2. The van der Waals surface area contributed by atoms with Crippen molar-refractivity contribution in [2.45, 2.75) is 52.5 Å². The van der Waals surface area contributed by atoms with Crippen LogP contribution in [0.5, 0.6) is 0 Å². The van der Waals surface area contributed by atoms with E-state index in [1.54, 1.807) is 0 Å². The van der Waals surface area contributed by atoms with Gasteiger partial charge in [-0.05, 0) is 67.6 Å². The molecule has 2 N–H and O–H groups in total. The van der Waals surface area contributed by atoms with E-state index in [9.17, 15) is 0 Å². The van der Waals surface area contributed by atoms with Gasteiger partial charge in [-0.2, -0.15) is 0 Å². The van der Waals surface area contributed by atoms with Crippen LogP contribution in [0.2, 0.25) is 0 Å². The molecule has 0 spiro atoms. The molecule has 3 heteroatoms. The zero-order valence-corrected chi connectivity index (χ0v) is 16.1. The molecule has 0 aliphatic heterocycles. The van der Waals surface area contributed by atoms with Crippen molar-refractivity contribution in [2.24, 2.45) is 0 Å². The van der Waals surface area contributed by atoms with Crippen molar-refractivity contribution in [3.8, 4) is 0 Å². The first-order valence-electron chi connectivity index (χ1n) is 8.48. The first-order valence-corrected chi connectivity index (χ1v) is 8.89. The molecule has 0 saturated carbocycles. The number of hydrogen-bond donors (Lipinski definition) is 2. The van der Waals surface area contributed by atoms with Crippen LogP contribution in [0, 0.1) is 13.8 Å². The summed E-state index contributed by atoms with van der Waals surface area (Å²) in [4.78, 5) is 0. The van der Waals surface area contributed by atoms with Crippen LogP contribution >= 0.6 is 12.2 Å². The molecule has 0 heterocycles. The molecule has 0 aliphatic carbocycles. The van der Waals surface area contributed by atoms with Gasteiger partial charge >= 0.3 is 0 Å². The van der Waals surface area contributed by atoms with Gasteiger partial charge in [0.1, 0.15) is 0 Å². The predicted octanol–water partition coefficient (Wildman–Crippen LogP) is 5.35. The third-order valence-electron chi connectivity index (χ3n) is 4.39. The van der Waals surface area contributed by atoms with Gasteiger partial charge in [0, 0.05) is 11.7 Å². The molecule has 2 aromatic carbocycles. The minimum atomic E-state index is 0.0997. The molecule has 24 heavy (non-hydrogen) atoms.